The van der Waals surface area contributed by atoms with Crippen LogP contribution in [0.15, 0.2) is 57.6 Å². The van der Waals surface area contributed by atoms with Crippen molar-refractivity contribution in [2.24, 2.45) is 5.73 Å². The van der Waals surface area contributed by atoms with Crippen molar-refractivity contribution in [3.05, 3.63) is 71.4 Å². The Balaban J connectivity index is 1.50. The van der Waals surface area contributed by atoms with Gasteiger partial charge in [-0.05, 0) is 37.3 Å². The number of carbonyl (C=O) groups is 1. The van der Waals surface area contributed by atoms with E-state index >= 15 is 0 Å². The fourth-order valence-corrected chi connectivity index (χ4v) is 4.26. The minimum atomic E-state index is -4.64. The van der Waals surface area contributed by atoms with E-state index in [1.807, 2.05) is 12.1 Å². The smallest absolute Gasteiger partial charge is 0.433 e. The van der Waals surface area contributed by atoms with Crippen LogP contribution in [0.25, 0.3) is 33.3 Å². The van der Waals surface area contributed by atoms with Gasteiger partial charge in [-0.25, -0.2) is 9.97 Å². The quantitative estimate of drug-likeness (QED) is 0.272. The molecule has 5 rings (SSSR count). The molecule has 9 nitrogen and oxygen atoms in total. The first-order valence-corrected chi connectivity index (χ1v) is 11.7. The Bertz CT molecular complexity index is 1690. The minimum Gasteiger partial charge on any atom is -0.494 e. The first-order valence-electron chi connectivity index (χ1n) is 11.7. The molecule has 0 radical (unpaired) electrons. The monoisotopic (exact) mass is 540 g/mol. The first-order chi connectivity index (χ1) is 18.6. The summed E-state index contributed by atoms with van der Waals surface area (Å²) in [6.45, 7) is 1.75. The highest BCUT2D eigenvalue weighted by Crippen LogP contribution is 2.37. The second-order valence-electron chi connectivity index (χ2n) is 8.71. The standard InChI is InChI=1S/C27H23F3N4O5/c1-13(31)23-22(25(35)32-11-14-12-38-24-15(14)5-4-6-19(24)37-3)34-26(39-23)17-7-9-18(36-2)21-16(17)8-10-20(33-21)27(28,29)30/h4-10,12-13H,11,31H2,1-3H3,(H,32,35)/t13-/m0/s1. The van der Waals surface area contributed by atoms with Crippen molar-refractivity contribution >= 4 is 27.8 Å². The number of methoxy groups -OCH3 is 2. The number of fused-ring (bicyclic) bond motifs is 2. The molecule has 0 spiro atoms. The molecule has 0 saturated heterocycles. The number of nitrogens with two attached hydrogens (primary N) is 1. The summed E-state index contributed by atoms with van der Waals surface area (Å²) in [6.07, 6.45) is -3.11. The zero-order valence-electron chi connectivity index (χ0n) is 21.1. The van der Waals surface area contributed by atoms with Gasteiger partial charge in [0.2, 0.25) is 5.89 Å². The van der Waals surface area contributed by atoms with Crippen LogP contribution >= 0.6 is 0 Å². The number of halogens is 3. The van der Waals surface area contributed by atoms with Gasteiger partial charge in [0.05, 0.1) is 26.5 Å². The van der Waals surface area contributed by atoms with Crippen LogP contribution in [0.5, 0.6) is 11.5 Å². The fourth-order valence-electron chi connectivity index (χ4n) is 4.26. The number of pyridine rings is 1. The van der Waals surface area contributed by atoms with E-state index in [0.717, 1.165) is 17.0 Å². The maximum atomic E-state index is 13.3. The fraction of sp³-hybridized carbons (Fsp3) is 0.222. The predicted octanol–water partition coefficient (Wildman–Crippen LogP) is 5.62. The Morgan fingerprint density at radius 3 is 2.51 bits per heavy atom. The maximum absolute atomic E-state index is 13.3. The number of amides is 1. The van der Waals surface area contributed by atoms with E-state index in [1.165, 1.54) is 32.6 Å². The van der Waals surface area contributed by atoms with E-state index in [1.54, 1.807) is 19.1 Å². The lowest BCUT2D eigenvalue weighted by atomic mass is 10.1. The average Bonchev–Trinajstić information content (AvgIpc) is 3.55. The molecule has 1 atom stereocenters. The molecular formula is C27H23F3N4O5. The molecule has 39 heavy (non-hydrogen) atoms. The average molecular weight is 540 g/mol. The number of aromatic nitrogens is 2. The Hall–Kier alpha value is -4.58. The van der Waals surface area contributed by atoms with E-state index in [-0.39, 0.29) is 35.2 Å². The van der Waals surface area contributed by atoms with E-state index in [0.29, 0.717) is 22.3 Å². The normalized spacial score (nSPS) is 12.6. The molecule has 0 aliphatic heterocycles. The Labute approximate surface area is 219 Å². The van der Waals surface area contributed by atoms with Crippen molar-refractivity contribution in [1.82, 2.24) is 15.3 Å². The van der Waals surface area contributed by atoms with Crippen LogP contribution in [-0.4, -0.2) is 30.1 Å². The molecule has 5 aromatic rings. The second-order valence-corrected chi connectivity index (χ2v) is 8.71. The summed E-state index contributed by atoms with van der Waals surface area (Å²) in [5.74, 6) is 0.268. The highest BCUT2D eigenvalue weighted by Gasteiger charge is 2.33. The number of oxazole rings is 1. The van der Waals surface area contributed by atoms with Gasteiger partial charge in [0.25, 0.3) is 5.91 Å². The summed E-state index contributed by atoms with van der Waals surface area (Å²) in [6, 6.07) is 9.87. The number of hydrogen-bond acceptors (Lipinski definition) is 8. The van der Waals surface area contributed by atoms with Crippen LogP contribution in [-0.2, 0) is 12.7 Å². The van der Waals surface area contributed by atoms with Gasteiger partial charge < -0.3 is 29.4 Å². The van der Waals surface area contributed by atoms with Crippen molar-refractivity contribution in [2.75, 3.05) is 14.2 Å². The zero-order valence-corrected chi connectivity index (χ0v) is 21.1. The van der Waals surface area contributed by atoms with E-state index in [4.69, 9.17) is 24.0 Å². The number of furan rings is 1. The van der Waals surface area contributed by atoms with E-state index < -0.39 is 23.8 Å². The van der Waals surface area contributed by atoms with Gasteiger partial charge in [-0.3, -0.25) is 4.79 Å². The van der Waals surface area contributed by atoms with Gasteiger partial charge in [0.1, 0.15) is 17.0 Å². The molecule has 0 bridgehead atoms. The Morgan fingerprint density at radius 1 is 1.05 bits per heavy atom. The largest absolute Gasteiger partial charge is 0.494 e. The highest BCUT2D eigenvalue weighted by molar-refractivity contribution is 5.98. The molecule has 12 heteroatoms. The number of benzene rings is 2. The lowest BCUT2D eigenvalue weighted by molar-refractivity contribution is -0.140. The molecule has 3 heterocycles. The molecule has 0 aliphatic rings. The molecule has 202 valence electrons. The number of para-hydroxylation sites is 1. The van der Waals surface area contributed by atoms with Crippen LogP contribution < -0.4 is 20.5 Å². The van der Waals surface area contributed by atoms with Gasteiger partial charge in [-0.2, -0.15) is 13.2 Å². The van der Waals surface area contributed by atoms with Crippen molar-refractivity contribution in [3.8, 4) is 23.0 Å². The topological polar surface area (TPSA) is 126 Å². The van der Waals surface area contributed by atoms with Crippen LogP contribution in [0.3, 0.4) is 0 Å². The van der Waals surface area contributed by atoms with Gasteiger partial charge in [-0.1, -0.05) is 12.1 Å². The summed E-state index contributed by atoms with van der Waals surface area (Å²) >= 11 is 0. The number of alkyl halides is 3. The lowest BCUT2D eigenvalue weighted by Gasteiger charge is -2.11. The Morgan fingerprint density at radius 2 is 1.82 bits per heavy atom. The molecule has 0 saturated carbocycles. The lowest BCUT2D eigenvalue weighted by Crippen LogP contribution is -2.25. The minimum absolute atomic E-state index is 0.000147. The van der Waals surface area contributed by atoms with Crippen LogP contribution in [0, 0.1) is 0 Å². The molecule has 0 aliphatic carbocycles. The van der Waals surface area contributed by atoms with E-state index in [2.05, 4.69) is 15.3 Å². The third-order valence-electron chi connectivity index (χ3n) is 6.15. The van der Waals surface area contributed by atoms with Gasteiger partial charge in [0.15, 0.2) is 22.8 Å². The maximum Gasteiger partial charge on any atom is 0.433 e. The summed E-state index contributed by atoms with van der Waals surface area (Å²) in [5.41, 5.74) is 6.51. The number of carbonyl (C=O) groups excluding carboxylic acids is 1. The predicted molar refractivity (Wildman–Crippen MR) is 135 cm³/mol. The third-order valence-corrected chi connectivity index (χ3v) is 6.15. The molecule has 3 N–H and O–H groups in total. The SMILES string of the molecule is COc1ccc(-c2nc(C(=O)NCc3coc4c(OC)cccc34)c([C@H](C)N)o2)c2ccc(C(F)(F)F)nc12. The number of nitrogens with zero attached hydrogens (tertiary/aromatic N) is 2. The third kappa shape index (κ3) is 4.74. The zero-order chi connectivity index (χ0) is 27.9. The molecule has 2 aromatic carbocycles. The van der Waals surface area contributed by atoms with Gasteiger partial charge in [0, 0.05) is 28.4 Å². The van der Waals surface area contributed by atoms with Gasteiger partial charge >= 0.3 is 6.18 Å². The van der Waals surface area contributed by atoms with Crippen molar-refractivity contribution in [1.29, 1.82) is 0 Å². The summed E-state index contributed by atoms with van der Waals surface area (Å²) in [7, 11) is 2.87. The number of nitrogens with one attached hydrogen (secondary N) is 1. The number of rotatable bonds is 7. The highest BCUT2D eigenvalue weighted by atomic mass is 19.4. The summed E-state index contributed by atoms with van der Waals surface area (Å²) < 4.78 is 61.9. The van der Waals surface area contributed by atoms with Crippen LogP contribution in [0.4, 0.5) is 13.2 Å². The number of ether oxygens (including phenoxy) is 2. The molecule has 3 aromatic heterocycles. The van der Waals surface area contributed by atoms with E-state index in [9.17, 15) is 18.0 Å². The summed E-state index contributed by atoms with van der Waals surface area (Å²) in [5, 5.41) is 3.87. The van der Waals surface area contributed by atoms with Crippen molar-refractivity contribution in [2.45, 2.75) is 25.7 Å². The molecule has 0 unspecified atom stereocenters. The molecule has 1 amide bonds. The molecule has 0 fully saturated rings. The molecular weight excluding hydrogens is 517 g/mol. The second kappa shape index (κ2) is 9.95. The Kier molecular flexibility index (Phi) is 6.64. The van der Waals surface area contributed by atoms with Crippen LogP contribution in [0.1, 0.15) is 40.5 Å². The summed E-state index contributed by atoms with van der Waals surface area (Å²) in [4.78, 5) is 21.3. The van der Waals surface area contributed by atoms with Crippen molar-refractivity contribution < 1.29 is 36.3 Å². The first kappa shape index (κ1) is 26.0. The van der Waals surface area contributed by atoms with Crippen LogP contribution in [0.2, 0.25) is 0 Å². The van der Waals surface area contributed by atoms with Crippen molar-refractivity contribution in [3.63, 3.8) is 0 Å². The number of hydrogen-bond donors (Lipinski definition) is 2. The van der Waals surface area contributed by atoms with Gasteiger partial charge in [-0.15, -0.1) is 0 Å².